The number of benzene rings is 3. The number of hydrogen-bond donors (Lipinski definition) is 1. The van der Waals surface area contributed by atoms with Gasteiger partial charge in [-0.3, -0.25) is 14.2 Å². The average Bonchev–Trinajstić information content (AvgIpc) is 2.85. The third kappa shape index (κ3) is 5.35. The monoisotopic (exact) mass is 472 g/mol. The van der Waals surface area contributed by atoms with Gasteiger partial charge in [-0.05, 0) is 67.4 Å². The standard InChI is InChI=1S/C26H24N4O3S/c1-3-33-20-14-12-19(13-15-20)16-27-29-24(31)17-34-26-28-22-10-6-5-9-21(22)25(32)30(26)23-11-7-4-8-18(23)2/h4-16H,3,17H2,1-2H3,(H,29,31)/b27-16+. The van der Waals surface area contributed by atoms with Gasteiger partial charge in [0.05, 0.1) is 35.2 Å². The second kappa shape index (κ2) is 10.8. The Bertz CT molecular complexity index is 1400. The molecule has 1 heterocycles. The van der Waals surface area contributed by atoms with E-state index in [0.29, 0.717) is 22.7 Å². The number of ether oxygens (including phenoxy) is 1. The summed E-state index contributed by atoms with van der Waals surface area (Å²) in [6, 6.07) is 22.2. The van der Waals surface area contributed by atoms with Gasteiger partial charge >= 0.3 is 0 Å². The highest BCUT2D eigenvalue weighted by Gasteiger charge is 2.15. The van der Waals surface area contributed by atoms with Crippen molar-refractivity contribution in [2.45, 2.75) is 19.0 Å². The van der Waals surface area contributed by atoms with Crippen LogP contribution in [-0.4, -0.2) is 34.0 Å². The molecule has 8 heteroatoms. The summed E-state index contributed by atoms with van der Waals surface area (Å²) in [4.78, 5) is 30.4. The minimum atomic E-state index is -0.300. The summed E-state index contributed by atoms with van der Waals surface area (Å²) in [6.07, 6.45) is 1.57. The van der Waals surface area contributed by atoms with Crippen LogP contribution in [-0.2, 0) is 4.79 Å². The van der Waals surface area contributed by atoms with Crippen molar-refractivity contribution in [2.24, 2.45) is 5.10 Å². The van der Waals surface area contributed by atoms with Gasteiger partial charge in [-0.1, -0.05) is 42.1 Å². The molecule has 7 nitrogen and oxygen atoms in total. The van der Waals surface area contributed by atoms with E-state index in [0.717, 1.165) is 22.6 Å². The maximum absolute atomic E-state index is 13.3. The van der Waals surface area contributed by atoms with Crippen molar-refractivity contribution in [1.29, 1.82) is 0 Å². The van der Waals surface area contributed by atoms with Gasteiger partial charge in [0.2, 0.25) is 0 Å². The van der Waals surface area contributed by atoms with Gasteiger partial charge in [0.25, 0.3) is 11.5 Å². The number of hydrogen-bond acceptors (Lipinski definition) is 6. The molecule has 0 aliphatic heterocycles. The zero-order chi connectivity index (χ0) is 23.9. The largest absolute Gasteiger partial charge is 0.494 e. The molecule has 1 N–H and O–H groups in total. The summed E-state index contributed by atoms with van der Waals surface area (Å²) in [5, 5.41) is 5.00. The van der Waals surface area contributed by atoms with Crippen molar-refractivity contribution in [2.75, 3.05) is 12.4 Å². The van der Waals surface area contributed by atoms with Gasteiger partial charge in [-0.2, -0.15) is 5.10 Å². The minimum absolute atomic E-state index is 0.0529. The smallest absolute Gasteiger partial charge is 0.266 e. The Labute approximate surface area is 201 Å². The van der Waals surface area contributed by atoms with Crippen molar-refractivity contribution < 1.29 is 9.53 Å². The Balaban J connectivity index is 1.51. The first-order valence-corrected chi connectivity index (χ1v) is 11.8. The molecule has 1 amide bonds. The number of aryl methyl sites for hydroxylation is 1. The molecule has 34 heavy (non-hydrogen) atoms. The van der Waals surface area contributed by atoms with Crippen molar-refractivity contribution in [3.63, 3.8) is 0 Å². The number of para-hydroxylation sites is 2. The third-order valence-corrected chi connectivity index (χ3v) is 5.97. The van der Waals surface area contributed by atoms with Crippen LogP contribution in [0.15, 0.2) is 87.8 Å². The molecular formula is C26H24N4O3S. The molecule has 0 spiro atoms. The average molecular weight is 473 g/mol. The number of rotatable bonds is 8. The number of hydrazone groups is 1. The van der Waals surface area contributed by atoms with E-state index in [1.165, 1.54) is 11.8 Å². The van der Waals surface area contributed by atoms with Gasteiger partial charge in [0.1, 0.15) is 5.75 Å². The number of thioether (sulfide) groups is 1. The molecule has 0 bridgehead atoms. The lowest BCUT2D eigenvalue weighted by Gasteiger charge is -2.14. The first kappa shape index (κ1) is 23.3. The van der Waals surface area contributed by atoms with Crippen LogP contribution in [0.1, 0.15) is 18.1 Å². The Morgan fingerprint density at radius 3 is 2.59 bits per heavy atom. The molecule has 4 aromatic rings. The van der Waals surface area contributed by atoms with E-state index in [-0.39, 0.29) is 17.2 Å². The number of amides is 1. The maximum atomic E-state index is 13.3. The topological polar surface area (TPSA) is 85.6 Å². The molecule has 0 aliphatic carbocycles. The molecule has 0 atom stereocenters. The first-order chi connectivity index (χ1) is 16.6. The van der Waals surface area contributed by atoms with Crippen LogP contribution in [0.25, 0.3) is 16.6 Å². The van der Waals surface area contributed by atoms with Gasteiger partial charge < -0.3 is 4.74 Å². The van der Waals surface area contributed by atoms with Crippen molar-refractivity contribution in [3.05, 3.63) is 94.3 Å². The Morgan fingerprint density at radius 1 is 1.09 bits per heavy atom. The molecule has 0 radical (unpaired) electrons. The molecule has 4 rings (SSSR count). The number of carbonyl (C=O) groups excluding carboxylic acids is 1. The fraction of sp³-hybridized carbons (Fsp3) is 0.154. The van der Waals surface area contributed by atoms with Gasteiger partial charge in [-0.25, -0.2) is 10.4 Å². The molecule has 0 aliphatic rings. The van der Waals surface area contributed by atoms with E-state index in [4.69, 9.17) is 4.74 Å². The summed E-state index contributed by atoms with van der Waals surface area (Å²) < 4.78 is 6.98. The van der Waals surface area contributed by atoms with Crippen molar-refractivity contribution >= 4 is 34.8 Å². The predicted molar refractivity (Wildman–Crippen MR) is 136 cm³/mol. The fourth-order valence-electron chi connectivity index (χ4n) is 3.39. The second-order valence-electron chi connectivity index (χ2n) is 7.42. The number of nitrogens with zero attached hydrogens (tertiary/aromatic N) is 3. The van der Waals surface area contributed by atoms with Crippen LogP contribution >= 0.6 is 11.8 Å². The van der Waals surface area contributed by atoms with E-state index in [9.17, 15) is 9.59 Å². The third-order valence-electron chi connectivity index (χ3n) is 5.03. The lowest BCUT2D eigenvalue weighted by molar-refractivity contribution is -0.118. The molecule has 0 saturated heterocycles. The summed E-state index contributed by atoms with van der Waals surface area (Å²) in [6.45, 7) is 4.47. The molecule has 0 unspecified atom stereocenters. The summed E-state index contributed by atoms with van der Waals surface area (Å²) in [7, 11) is 0. The summed E-state index contributed by atoms with van der Waals surface area (Å²) >= 11 is 1.19. The van der Waals surface area contributed by atoms with E-state index < -0.39 is 0 Å². The quantitative estimate of drug-likeness (QED) is 0.179. The zero-order valence-electron chi connectivity index (χ0n) is 18.9. The van der Waals surface area contributed by atoms with E-state index in [1.807, 2.05) is 74.5 Å². The van der Waals surface area contributed by atoms with E-state index in [1.54, 1.807) is 22.9 Å². The summed E-state index contributed by atoms with van der Waals surface area (Å²) in [5.74, 6) is 0.533. The van der Waals surface area contributed by atoms with Crippen LogP contribution in [0.5, 0.6) is 5.75 Å². The Morgan fingerprint density at radius 2 is 1.82 bits per heavy atom. The van der Waals surface area contributed by atoms with Crippen molar-refractivity contribution in [1.82, 2.24) is 15.0 Å². The second-order valence-corrected chi connectivity index (χ2v) is 8.36. The first-order valence-electron chi connectivity index (χ1n) is 10.8. The highest BCUT2D eigenvalue weighted by atomic mass is 32.2. The molecule has 172 valence electrons. The van der Waals surface area contributed by atoms with Crippen molar-refractivity contribution in [3.8, 4) is 11.4 Å². The number of nitrogens with one attached hydrogen (secondary N) is 1. The normalized spacial score (nSPS) is 11.1. The Hall–Kier alpha value is -3.91. The lowest BCUT2D eigenvalue weighted by atomic mass is 10.2. The number of aromatic nitrogens is 2. The fourth-order valence-corrected chi connectivity index (χ4v) is 4.19. The van der Waals surface area contributed by atoms with Crippen LogP contribution in [0.4, 0.5) is 0 Å². The summed E-state index contributed by atoms with van der Waals surface area (Å²) in [5.41, 5.74) is 5.46. The number of carbonyl (C=O) groups is 1. The molecule has 0 saturated carbocycles. The predicted octanol–water partition coefficient (Wildman–Crippen LogP) is 4.34. The van der Waals surface area contributed by atoms with E-state index >= 15 is 0 Å². The lowest BCUT2D eigenvalue weighted by Crippen LogP contribution is -2.24. The Kier molecular flexibility index (Phi) is 7.39. The minimum Gasteiger partial charge on any atom is -0.494 e. The van der Waals surface area contributed by atoms with Crippen LogP contribution < -0.4 is 15.7 Å². The van der Waals surface area contributed by atoms with Gasteiger partial charge in [-0.15, -0.1) is 0 Å². The van der Waals surface area contributed by atoms with Crippen LogP contribution in [0.3, 0.4) is 0 Å². The maximum Gasteiger partial charge on any atom is 0.266 e. The highest BCUT2D eigenvalue weighted by molar-refractivity contribution is 7.99. The van der Waals surface area contributed by atoms with Crippen LogP contribution in [0, 0.1) is 6.92 Å². The van der Waals surface area contributed by atoms with Gasteiger partial charge in [0.15, 0.2) is 5.16 Å². The molecular weight excluding hydrogens is 448 g/mol. The van der Waals surface area contributed by atoms with E-state index in [2.05, 4.69) is 15.5 Å². The molecule has 3 aromatic carbocycles. The number of fused-ring (bicyclic) bond motifs is 1. The molecule has 0 fully saturated rings. The highest BCUT2D eigenvalue weighted by Crippen LogP contribution is 2.23. The molecule has 1 aromatic heterocycles. The SMILES string of the molecule is CCOc1ccc(/C=N/NC(=O)CSc2nc3ccccc3c(=O)n2-c2ccccc2C)cc1. The zero-order valence-corrected chi connectivity index (χ0v) is 19.7. The van der Waals surface area contributed by atoms with Crippen LogP contribution in [0.2, 0.25) is 0 Å². The van der Waals surface area contributed by atoms with Gasteiger partial charge in [0, 0.05) is 0 Å².